The SMILES string of the molecule is COCN(c1cc(Cl)c[nH+]c1C(=O)c1ccccc1N(C)S(C)(=O)=O)S(=O)(=O)c1ccc(Cl)c(C(F)(F)F)c1. The van der Waals surface area contributed by atoms with Crippen LogP contribution in [0, 0.1) is 0 Å². The smallest absolute Gasteiger partial charge is 0.363 e. The zero-order chi connectivity index (χ0) is 29.3. The molecule has 3 aromatic rings. The minimum absolute atomic E-state index is 0.00651. The average molecular weight is 627 g/mol. The van der Waals surface area contributed by atoms with Gasteiger partial charge >= 0.3 is 6.18 Å². The Morgan fingerprint density at radius 3 is 2.26 bits per heavy atom. The van der Waals surface area contributed by atoms with E-state index in [2.05, 4.69) is 4.98 Å². The molecule has 0 fully saturated rings. The van der Waals surface area contributed by atoms with Crippen LogP contribution in [0.4, 0.5) is 24.5 Å². The van der Waals surface area contributed by atoms with Crippen LogP contribution in [0.2, 0.25) is 10.0 Å². The summed E-state index contributed by atoms with van der Waals surface area (Å²) in [7, 11) is -6.23. The third kappa shape index (κ3) is 6.47. The summed E-state index contributed by atoms with van der Waals surface area (Å²) in [6.45, 7) is -0.730. The number of hydrogen-bond acceptors (Lipinski definition) is 6. The molecule has 0 aliphatic rings. The maximum Gasteiger partial charge on any atom is 0.417 e. The van der Waals surface area contributed by atoms with E-state index in [1.54, 1.807) is 0 Å². The summed E-state index contributed by atoms with van der Waals surface area (Å²) in [4.78, 5) is 15.5. The van der Waals surface area contributed by atoms with Crippen molar-refractivity contribution in [2.24, 2.45) is 0 Å². The average Bonchev–Trinajstić information content (AvgIpc) is 2.85. The van der Waals surface area contributed by atoms with Crippen LogP contribution in [0.3, 0.4) is 0 Å². The molecular weight excluding hydrogens is 606 g/mol. The number of benzene rings is 2. The predicted octanol–water partition coefficient (Wildman–Crippen LogP) is 4.25. The maximum absolute atomic E-state index is 13.7. The van der Waals surface area contributed by atoms with E-state index in [1.165, 1.54) is 37.5 Å². The lowest BCUT2D eigenvalue weighted by Crippen LogP contribution is -2.36. The fourth-order valence-electron chi connectivity index (χ4n) is 3.49. The highest BCUT2D eigenvalue weighted by atomic mass is 35.5. The normalized spacial score (nSPS) is 12.3. The molecule has 3 rings (SSSR count). The van der Waals surface area contributed by atoms with Gasteiger partial charge in [0.25, 0.3) is 21.5 Å². The Bertz CT molecular complexity index is 1630. The molecule has 0 saturated carbocycles. The van der Waals surface area contributed by atoms with E-state index in [9.17, 15) is 34.8 Å². The molecule has 16 heteroatoms. The molecule has 1 aromatic heterocycles. The third-order valence-electron chi connectivity index (χ3n) is 5.44. The highest BCUT2D eigenvalue weighted by Crippen LogP contribution is 2.37. The molecule has 39 heavy (non-hydrogen) atoms. The van der Waals surface area contributed by atoms with Gasteiger partial charge < -0.3 is 4.74 Å². The number of ether oxygens (including phenoxy) is 1. The van der Waals surface area contributed by atoms with Crippen molar-refractivity contribution in [3.8, 4) is 0 Å². The third-order valence-corrected chi connectivity index (χ3v) is 8.92. The number of halogens is 5. The molecule has 0 spiro atoms. The van der Waals surface area contributed by atoms with Crippen LogP contribution < -0.4 is 13.6 Å². The monoisotopic (exact) mass is 626 g/mol. The van der Waals surface area contributed by atoms with Crippen molar-refractivity contribution in [1.82, 2.24) is 0 Å². The second-order valence-electron chi connectivity index (χ2n) is 8.07. The molecular formula is C23H21Cl2F3N3O6S2+. The summed E-state index contributed by atoms with van der Waals surface area (Å²) in [6.07, 6.45) is -2.83. The number of aromatic nitrogens is 1. The van der Waals surface area contributed by atoms with Crippen LogP contribution in [0.15, 0.2) is 59.6 Å². The van der Waals surface area contributed by atoms with Crippen molar-refractivity contribution in [2.45, 2.75) is 11.1 Å². The number of nitrogens with one attached hydrogen (secondary N) is 1. The number of hydrogen-bond donors (Lipinski definition) is 0. The Morgan fingerprint density at radius 2 is 1.67 bits per heavy atom. The number of nitrogens with zero attached hydrogens (tertiary/aromatic N) is 2. The Labute approximate surface area is 232 Å². The van der Waals surface area contributed by atoms with Crippen LogP contribution in [-0.4, -0.2) is 49.8 Å². The predicted molar refractivity (Wildman–Crippen MR) is 139 cm³/mol. The van der Waals surface area contributed by atoms with Crippen LogP contribution >= 0.6 is 23.2 Å². The minimum Gasteiger partial charge on any atom is -0.363 e. The quantitative estimate of drug-likeness (QED) is 0.259. The zero-order valence-corrected chi connectivity index (χ0v) is 23.6. The van der Waals surface area contributed by atoms with Gasteiger partial charge in [-0.1, -0.05) is 35.3 Å². The maximum atomic E-state index is 13.7. The van der Waals surface area contributed by atoms with Gasteiger partial charge in [-0.15, -0.1) is 0 Å². The van der Waals surface area contributed by atoms with Gasteiger partial charge in [0.2, 0.25) is 10.0 Å². The molecule has 0 saturated heterocycles. The molecule has 9 nitrogen and oxygen atoms in total. The lowest BCUT2D eigenvalue weighted by molar-refractivity contribution is -0.380. The number of methoxy groups -OCH3 is 1. The van der Waals surface area contributed by atoms with Crippen molar-refractivity contribution in [1.29, 1.82) is 0 Å². The Hall–Kier alpha value is -2.91. The van der Waals surface area contributed by atoms with Crippen LogP contribution in [0.5, 0.6) is 0 Å². The fourth-order valence-corrected chi connectivity index (χ4v) is 5.79. The fraction of sp³-hybridized carbons (Fsp3) is 0.217. The number of H-pyrrole nitrogens is 1. The molecule has 0 unspecified atom stereocenters. The van der Waals surface area contributed by atoms with Crippen molar-refractivity contribution in [2.75, 3.05) is 35.8 Å². The van der Waals surface area contributed by atoms with Crippen molar-refractivity contribution >= 4 is 60.4 Å². The summed E-state index contributed by atoms with van der Waals surface area (Å²) in [5, 5.41) is -0.759. The topological polar surface area (TPSA) is 115 Å². The number of anilines is 2. The van der Waals surface area contributed by atoms with Gasteiger partial charge in [-0.25, -0.2) is 26.1 Å². The molecule has 0 aliphatic carbocycles. The molecule has 1 N–H and O–H groups in total. The number of pyridine rings is 1. The molecule has 2 aromatic carbocycles. The number of carbonyl (C=O) groups is 1. The van der Waals surface area contributed by atoms with Gasteiger partial charge in [-0.3, -0.25) is 9.10 Å². The number of sulfonamides is 2. The van der Waals surface area contributed by atoms with Crippen molar-refractivity contribution in [3.05, 3.63) is 81.6 Å². The van der Waals surface area contributed by atoms with E-state index < -0.39 is 54.2 Å². The largest absolute Gasteiger partial charge is 0.417 e. The van der Waals surface area contributed by atoms with Gasteiger partial charge in [0.1, 0.15) is 17.4 Å². The van der Waals surface area contributed by atoms with E-state index in [4.69, 9.17) is 27.9 Å². The van der Waals surface area contributed by atoms with Crippen LogP contribution in [0.1, 0.15) is 21.6 Å². The first-order valence-electron chi connectivity index (χ1n) is 10.7. The number of ketones is 1. The highest BCUT2D eigenvalue weighted by molar-refractivity contribution is 7.93. The number of alkyl halides is 3. The van der Waals surface area contributed by atoms with Gasteiger partial charge in [-0.05, 0) is 36.4 Å². The van der Waals surface area contributed by atoms with Gasteiger partial charge in [0.05, 0.1) is 33.0 Å². The Kier molecular flexibility index (Phi) is 8.87. The van der Waals surface area contributed by atoms with E-state index in [0.29, 0.717) is 10.4 Å². The Morgan fingerprint density at radius 1 is 1.03 bits per heavy atom. The van der Waals surface area contributed by atoms with E-state index >= 15 is 0 Å². The second-order valence-corrected chi connectivity index (χ2v) is 12.8. The van der Waals surface area contributed by atoms with Crippen LogP contribution in [-0.2, 0) is 31.0 Å². The number of aromatic amines is 1. The second kappa shape index (κ2) is 11.3. The molecule has 0 atom stereocenters. The zero-order valence-electron chi connectivity index (χ0n) is 20.5. The standard InChI is InChI=1S/C23H20Cl2F3N3O6S2/c1-30(38(3,33)34)19-7-5-4-6-16(19)22(32)21-20(10-14(24)12-29-21)31(13-37-2)39(35,36)15-8-9-18(25)17(11-15)23(26,27)28/h4-12H,13H2,1-3H3/p+1. The number of carbonyl (C=O) groups excluding carboxylic acids is 1. The first-order valence-corrected chi connectivity index (χ1v) is 14.7. The van der Waals surface area contributed by atoms with E-state index in [-0.39, 0.29) is 27.7 Å². The molecule has 0 bridgehead atoms. The molecule has 0 amide bonds. The summed E-state index contributed by atoms with van der Waals surface area (Å²) < 4.78 is 98.4. The van der Waals surface area contributed by atoms with Gasteiger partial charge in [0.15, 0.2) is 6.20 Å². The minimum atomic E-state index is -4.95. The summed E-state index contributed by atoms with van der Waals surface area (Å²) >= 11 is 11.7. The van der Waals surface area contributed by atoms with Crippen molar-refractivity contribution in [3.63, 3.8) is 0 Å². The van der Waals surface area contributed by atoms with Crippen LogP contribution in [0.25, 0.3) is 0 Å². The van der Waals surface area contributed by atoms with E-state index in [0.717, 1.165) is 35.9 Å². The molecule has 1 heterocycles. The number of rotatable bonds is 9. The van der Waals surface area contributed by atoms with Gasteiger partial charge in [-0.2, -0.15) is 13.2 Å². The van der Waals surface area contributed by atoms with E-state index in [1.807, 2.05) is 0 Å². The summed E-state index contributed by atoms with van der Waals surface area (Å²) in [5.41, 5.74) is -2.23. The molecule has 0 aliphatic heterocycles. The lowest BCUT2D eigenvalue weighted by atomic mass is 10.0. The Balaban J connectivity index is 2.24. The first kappa shape index (κ1) is 30.6. The van der Waals surface area contributed by atoms with Gasteiger partial charge in [0, 0.05) is 14.2 Å². The molecule has 0 radical (unpaired) electrons. The highest BCUT2D eigenvalue weighted by Gasteiger charge is 2.38. The molecule has 210 valence electrons. The number of para-hydroxylation sites is 1. The summed E-state index contributed by atoms with van der Waals surface area (Å²) in [6, 6.07) is 8.81. The summed E-state index contributed by atoms with van der Waals surface area (Å²) in [5.74, 6) is -0.837. The lowest BCUT2D eigenvalue weighted by Gasteiger charge is -2.24. The van der Waals surface area contributed by atoms with Crippen molar-refractivity contribution < 1.29 is 44.5 Å². The first-order chi connectivity index (χ1) is 18.0.